The van der Waals surface area contributed by atoms with Crippen molar-refractivity contribution < 1.29 is 14.3 Å². The summed E-state index contributed by atoms with van der Waals surface area (Å²) in [5.41, 5.74) is 0.980. The fraction of sp³-hybridized carbons (Fsp3) is 0.462. The van der Waals surface area contributed by atoms with Crippen molar-refractivity contribution in [2.24, 2.45) is 0 Å². The Kier molecular flexibility index (Phi) is 4.84. The Bertz CT molecular complexity index is 385. The largest absolute Gasteiger partial charge is 0.445 e. The first-order valence-electron chi connectivity index (χ1n) is 5.93. The van der Waals surface area contributed by atoms with Crippen LogP contribution >= 0.6 is 11.6 Å². The number of hydrogen-bond donors (Lipinski definition) is 0. The van der Waals surface area contributed by atoms with E-state index in [1.54, 1.807) is 4.90 Å². The summed E-state index contributed by atoms with van der Waals surface area (Å²) in [6.45, 7) is 1.86. The Labute approximate surface area is 111 Å². The van der Waals surface area contributed by atoms with Gasteiger partial charge in [0, 0.05) is 6.54 Å². The lowest BCUT2D eigenvalue weighted by Gasteiger charge is -2.31. The standard InChI is InChI=1S/C13H16ClNO3/c14-8-12-9-15(6-7-17-12)13(16)18-10-11-4-2-1-3-5-11/h1-5,12H,6-10H2. The van der Waals surface area contributed by atoms with Gasteiger partial charge in [-0.25, -0.2) is 4.79 Å². The van der Waals surface area contributed by atoms with Gasteiger partial charge in [-0.2, -0.15) is 0 Å². The van der Waals surface area contributed by atoms with Crippen molar-refractivity contribution >= 4 is 17.7 Å². The molecule has 1 amide bonds. The monoisotopic (exact) mass is 269 g/mol. The number of carbonyl (C=O) groups is 1. The van der Waals surface area contributed by atoms with E-state index < -0.39 is 0 Å². The molecule has 1 aromatic rings. The first-order chi connectivity index (χ1) is 8.79. The Morgan fingerprint density at radius 2 is 2.22 bits per heavy atom. The molecule has 1 unspecified atom stereocenters. The van der Waals surface area contributed by atoms with E-state index >= 15 is 0 Å². The molecule has 1 aliphatic rings. The summed E-state index contributed by atoms with van der Waals surface area (Å²) in [5, 5.41) is 0. The summed E-state index contributed by atoms with van der Waals surface area (Å²) in [6.07, 6.45) is -0.401. The number of nitrogens with zero attached hydrogens (tertiary/aromatic N) is 1. The number of benzene rings is 1. The molecule has 98 valence electrons. The van der Waals surface area contributed by atoms with Crippen LogP contribution in [0.3, 0.4) is 0 Å². The molecule has 0 aromatic heterocycles. The highest BCUT2D eigenvalue weighted by Crippen LogP contribution is 2.09. The maximum absolute atomic E-state index is 11.8. The van der Waals surface area contributed by atoms with E-state index in [4.69, 9.17) is 21.1 Å². The number of halogens is 1. The fourth-order valence-electron chi connectivity index (χ4n) is 1.79. The highest BCUT2D eigenvalue weighted by molar-refractivity contribution is 6.18. The first-order valence-corrected chi connectivity index (χ1v) is 6.46. The van der Waals surface area contributed by atoms with Crippen molar-refractivity contribution in [3.63, 3.8) is 0 Å². The molecule has 2 rings (SSSR count). The summed E-state index contributed by atoms with van der Waals surface area (Å²) < 4.78 is 10.6. The predicted molar refractivity (Wildman–Crippen MR) is 68.7 cm³/mol. The SMILES string of the molecule is O=C(OCc1ccccc1)N1CCOC(CCl)C1. The molecule has 18 heavy (non-hydrogen) atoms. The van der Waals surface area contributed by atoms with Crippen LogP contribution in [0.5, 0.6) is 0 Å². The van der Waals surface area contributed by atoms with Crippen LogP contribution in [0.15, 0.2) is 30.3 Å². The van der Waals surface area contributed by atoms with Gasteiger partial charge in [0.2, 0.25) is 0 Å². The summed E-state index contributed by atoms with van der Waals surface area (Å²) in [4.78, 5) is 13.5. The minimum atomic E-state index is -0.308. The predicted octanol–water partition coefficient (Wildman–Crippen LogP) is 2.26. The highest BCUT2D eigenvalue weighted by Gasteiger charge is 2.24. The van der Waals surface area contributed by atoms with E-state index in [0.29, 0.717) is 32.2 Å². The average Bonchev–Trinajstić information content (AvgIpc) is 2.46. The van der Waals surface area contributed by atoms with Crippen molar-refractivity contribution in [1.82, 2.24) is 4.90 Å². The zero-order valence-corrected chi connectivity index (χ0v) is 10.8. The number of morpholine rings is 1. The van der Waals surface area contributed by atoms with Crippen LogP contribution in [-0.4, -0.2) is 42.7 Å². The van der Waals surface area contributed by atoms with E-state index in [2.05, 4.69) is 0 Å². The van der Waals surface area contributed by atoms with Crippen molar-refractivity contribution in [3.05, 3.63) is 35.9 Å². The number of ether oxygens (including phenoxy) is 2. The van der Waals surface area contributed by atoms with Crippen LogP contribution in [0, 0.1) is 0 Å². The lowest BCUT2D eigenvalue weighted by Crippen LogP contribution is -2.46. The molecular weight excluding hydrogens is 254 g/mol. The Morgan fingerprint density at radius 3 is 2.94 bits per heavy atom. The van der Waals surface area contributed by atoms with E-state index in [0.717, 1.165) is 5.56 Å². The van der Waals surface area contributed by atoms with Crippen LogP contribution in [0.4, 0.5) is 4.79 Å². The van der Waals surface area contributed by atoms with Gasteiger partial charge in [0.05, 0.1) is 25.1 Å². The van der Waals surface area contributed by atoms with E-state index in [1.165, 1.54) is 0 Å². The smallest absolute Gasteiger partial charge is 0.410 e. The molecule has 0 aliphatic carbocycles. The van der Waals surface area contributed by atoms with E-state index in [-0.39, 0.29) is 12.2 Å². The minimum absolute atomic E-state index is 0.0929. The summed E-state index contributed by atoms with van der Waals surface area (Å²) >= 11 is 5.72. The van der Waals surface area contributed by atoms with Gasteiger partial charge in [0.15, 0.2) is 0 Å². The van der Waals surface area contributed by atoms with Gasteiger partial charge >= 0.3 is 6.09 Å². The molecule has 1 heterocycles. The number of carbonyl (C=O) groups excluding carboxylic acids is 1. The van der Waals surface area contributed by atoms with Gasteiger partial charge < -0.3 is 14.4 Å². The van der Waals surface area contributed by atoms with Gasteiger partial charge in [0.25, 0.3) is 0 Å². The zero-order chi connectivity index (χ0) is 12.8. The Hall–Kier alpha value is -1.26. The molecule has 0 spiro atoms. The van der Waals surface area contributed by atoms with Crippen LogP contribution < -0.4 is 0 Å². The van der Waals surface area contributed by atoms with Crippen LogP contribution in [0.2, 0.25) is 0 Å². The summed E-state index contributed by atoms with van der Waals surface area (Å²) in [7, 11) is 0. The third-order valence-corrected chi connectivity index (χ3v) is 3.12. The van der Waals surface area contributed by atoms with Crippen LogP contribution in [0.25, 0.3) is 0 Å². The van der Waals surface area contributed by atoms with Crippen molar-refractivity contribution in [3.8, 4) is 0 Å². The average molecular weight is 270 g/mol. The van der Waals surface area contributed by atoms with Crippen molar-refractivity contribution in [2.45, 2.75) is 12.7 Å². The molecule has 1 aliphatic heterocycles. The molecule has 0 bridgehead atoms. The second kappa shape index (κ2) is 6.61. The lowest BCUT2D eigenvalue weighted by molar-refractivity contribution is -0.0177. The molecule has 1 fully saturated rings. The van der Waals surface area contributed by atoms with Crippen LogP contribution in [-0.2, 0) is 16.1 Å². The molecule has 5 heteroatoms. The normalized spacial score (nSPS) is 19.6. The molecule has 1 atom stereocenters. The number of hydrogen-bond acceptors (Lipinski definition) is 3. The Morgan fingerprint density at radius 1 is 1.44 bits per heavy atom. The molecule has 1 saturated heterocycles. The Balaban J connectivity index is 1.81. The number of alkyl halides is 1. The minimum Gasteiger partial charge on any atom is -0.445 e. The lowest BCUT2D eigenvalue weighted by atomic mass is 10.2. The van der Waals surface area contributed by atoms with E-state index in [9.17, 15) is 4.79 Å². The summed E-state index contributed by atoms with van der Waals surface area (Å²) in [6, 6.07) is 9.61. The van der Waals surface area contributed by atoms with Crippen LogP contribution in [0.1, 0.15) is 5.56 Å². The van der Waals surface area contributed by atoms with Crippen molar-refractivity contribution in [1.29, 1.82) is 0 Å². The molecule has 4 nitrogen and oxygen atoms in total. The molecule has 1 aromatic carbocycles. The molecule has 0 radical (unpaired) electrons. The fourth-order valence-corrected chi connectivity index (χ4v) is 1.98. The maximum Gasteiger partial charge on any atom is 0.410 e. The van der Waals surface area contributed by atoms with Gasteiger partial charge in [-0.3, -0.25) is 0 Å². The van der Waals surface area contributed by atoms with Gasteiger partial charge in [0.1, 0.15) is 6.61 Å². The van der Waals surface area contributed by atoms with Crippen molar-refractivity contribution in [2.75, 3.05) is 25.6 Å². The topological polar surface area (TPSA) is 38.8 Å². The third kappa shape index (κ3) is 3.62. The number of amides is 1. The second-order valence-electron chi connectivity index (χ2n) is 4.13. The highest BCUT2D eigenvalue weighted by atomic mass is 35.5. The summed E-state index contributed by atoms with van der Waals surface area (Å²) in [5.74, 6) is 0.391. The number of rotatable bonds is 3. The quantitative estimate of drug-likeness (QED) is 0.790. The molecule has 0 saturated carbocycles. The second-order valence-corrected chi connectivity index (χ2v) is 4.44. The first kappa shape index (κ1) is 13.2. The maximum atomic E-state index is 11.8. The zero-order valence-electron chi connectivity index (χ0n) is 10.0. The van der Waals surface area contributed by atoms with E-state index in [1.807, 2.05) is 30.3 Å². The van der Waals surface area contributed by atoms with Gasteiger partial charge in [-0.15, -0.1) is 11.6 Å². The van der Waals surface area contributed by atoms with Gasteiger partial charge in [-0.05, 0) is 5.56 Å². The molecular formula is C13H16ClNO3. The third-order valence-electron chi connectivity index (χ3n) is 2.77. The van der Waals surface area contributed by atoms with Gasteiger partial charge in [-0.1, -0.05) is 30.3 Å². The molecule has 0 N–H and O–H groups in total.